The van der Waals surface area contributed by atoms with Gasteiger partial charge in [-0.3, -0.25) is 4.79 Å². The predicted molar refractivity (Wildman–Crippen MR) is 93.5 cm³/mol. The Bertz CT molecular complexity index is 568. The number of amides is 1. The van der Waals surface area contributed by atoms with Gasteiger partial charge in [-0.05, 0) is 49.4 Å². The number of piperidine rings is 1. The van der Waals surface area contributed by atoms with E-state index in [1.54, 1.807) is 24.0 Å². The molecule has 1 heterocycles. The van der Waals surface area contributed by atoms with E-state index in [9.17, 15) is 14.3 Å². The third-order valence-corrected chi connectivity index (χ3v) is 4.99. The number of aryl methyl sites for hydroxylation is 1. The predicted octanol–water partition coefficient (Wildman–Crippen LogP) is 2.69. The Labute approximate surface area is 144 Å². The molecular weight excluding hydrogens is 307 g/mol. The smallest absolute Gasteiger partial charge is 0.253 e. The maximum absolute atomic E-state index is 13.4. The maximum atomic E-state index is 13.4. The van der Waals surface area contributed by atoms with Crippen molar-refractivity contribution in [1.29, 1.82) is 0 Å². The number of rotatable bonds is 5. The molecule has 0 spiro atoms. The molecule has 5 heteroatoms. The van der Waals surface area contributed by atoms with Crippen molar-refractivity contribution >= 4 is 5.91 Å². The molecule has 4 nitrogen and oxygen atoms in total. The van der Waals surface area contributed by atoms with Gasteiger partial charge in [0.05, 0.1) is 6.10 Å². The first kappa shape index (κ1) is 18.9. The van der Waals surface area contributed by atoms with Gasteiger partial charge in [0.2, 0.25) is 0 Å². The van der Waals surface area contributed by atoms with Gasteiger partial charge in [0, 0.05) is 38.3 Å². The minimum atomic E-state index is -0.290. The third-order valence-electron chi connectivity index (χ3n) is 4.99. The van der Waals surface area contributed by atoms with Crippen molar-refractivity contribution in [2.24, 2.45) is 5.92 Å². The van der Waals surface area contributed by atoms with E-state index < -0.39 is 0 Å². The first-order valence-corrected chi connectivity index (χ1v) is 8.73. The van der Waals surface area contributed by atoms with Crippen LogP contribution >= 0.6 is 0 Å². The molecule has 1 saturated heterocycles. The largest absolute Gasteiger partial charge is 0.393 e. The summed E-state index contributed by atoms with van der Waals surface area (Å²) in [5.41, 5.74) is 1.01. The SMILES string of the molecule is Cc1cc(C(=O)N(C)[C@H](CN2CCC(O)CC2)C(C)C)ccc1F. The minimum Gasteiger partial charge on any atom is -0.393 e. The number of halogens is 1. The number of aliphatic hydroxyl groups excluding tert-OH is 1. The first-order valence-electron chi connectivity index (χ1n) is 8.73. The lowest BCUT2D eigenvalue weighted by atomic mass is 9.99. The average Bonchev–Trinajstić information content (AvgIpc) is 2.55. The lowest BCUT2D eigenvalue weighted by Crippen LogP contribution is -2.49. The second kappa shape index (κ2) is 8.08. The Hall–Kier alpha value is -1.46. The first-order chi connectivity index (χ1) is 11.3. The Balaban J connectivity index is 2.08. The van der Waals surface area contributed by atoms with Crippen molar-refractivity contribution in [2.75, 3.05) is 26.7 Å². The normalized spacial score (nSPS) is 18.0. The van der Waals surface area contributed by atoms with E-state index >= 15 is 0 Å². The molecule has 1 amide bonds. The van der Waals surface area contributed by atoms with Gasteiger partial charge in [0.15, 0.2) is 0 Å². The van der Waals surface area contributed by atoms with Crippen molar-refractivity contribution in [3.8, 4) is 0 Å². The summed E-state index contributed by atoms with van der Waals surface area (Å²) >= 11 is 0. The summed E-state index contributed by atoms with van der Waals surface area (Å²) < 4.78 is 13.4. The second-order valence-electron chi connectivity index (χ2n) is 7.22. The number of carbonyl (C=O) groups is 1. The van der Waals surface area contributed by atoms with Gasteiger partial charge in [0.25, 0.3) is 5.91 Å². The van der Waals surface area contributed by atoms with Gasteiger partial charge < -0.3 is 14.9 Å². The fraction of sp³-hybridized carbons (Fsp3) is 0.632. The van der Waals surface area contributed by atoms with Crippen LogP contribution in [0.2, 0.25) is 0 Å². The average molecular weight is 336 g/mol. The van der Waals surface area contributed by atoms with Crippen molar-refractivity contribution in [2.45, 2.75) is 45.8 Å². The van der Waals surface area contributed by atoms with Crippen LogP contribution < -0.4 is 0 Å². The van der Waals surface area contributed by atoms with E-state index in [0.717, 1.165) is 32.5 Å². The maximum Gasteiger partial charge on any atom is 0.253 e. The zero-order chi connectivity index (χ0) is 17.9. The van der Waals surface area contributed by atoms with Crippen molar-refractivity contribution in [1.82, 2.24) is 9.80 Å². The van der Waals surface area contributed by atoms with E-state index in [1.165, 1.54) is 6.07 Å². The fourth-order valence-corrected chi connectivity index (χ4v) is 3.28. The number of nitrogens with zero attached hydrogens (tertiary/aromatic N) is 2. The topological polar surface area (TPSA) is 43.8 Å². The Morgan fingerprint density at radius 3 is 2.54 bits per heavy atom. The molecule has 0 bridgehead atoms. The van der Waals surface area contributed by atoms with Gasteiger partial charge in [-0.15, -0.1) is 0 Å². The molecule has 2 rings (SSSR count). The van der Waals surface area contributed by atoms with Crippen molar-refractivity contribution in [3.05, 3.63) is 35.1 Å². The molecule has 24 heavy (non-hydrogen) atoms. The Morgan fingerprint density at radius 2 is 2.00 bits per heavy atom. The fourth-order valence-electron chi connectivity index (χ4n) is 3.28. The summed E-state index contributed by atoms with van der Waals surface area (Å²) in [7, 11) is 1.82. The van der Waals surface area contributed by atoms with Crippen molar-refractivity contribution < 1.29 is 14.3 Å². The number of carbonyl (C=O) groups excluding carboxylic acids is 1. The molecule has 1 atom stereocenters. The quantitative estimate of drug-likeness (QED) is 0.899. The third kappa shape index (κ3) is 4.54. The van der Waals surface area contributed by atoms with Crippen LogP contribution in [-0.2, 0) is 0 Å². The van der Waals surface area contributed by atoms with Gasteiger partial charge in [-0.25, -0.2) is 4.39 Å². The number of hydrogen-bond acceptors (Lipinski definition) is 3. The molecule has 134 valence electrons. The number of benzene rings is 1. The number of likely N-dealkylation sites (tertiary alicyclic amines) is 1. The number of aliphatic hydroxyl groups is 1. The molecular formula is C19H29FN2O2. The highest BCUT2D eigenvalue weighted by Crippen LogP contribution is 2.19. The lowest BCUT2D eigenvalue weighted by molar-refractivity contribution is 0.0473. The van der Waals surface area contributed by atoms with E-state index in [-0.39, 0.29) is 23.9 Å². The highest BCUT2D eigenvalue weighted by atomic mass is 19.1. The van der Waals surface area contributed by atoms with Crippen LogP contribution in [0.25, 0.3) is 0 Å². The molecule has 0 unspecified atom stereocenters. The summed E-state index contributed by atoms with van der Waals surface area (Å²) in [6.45, 7) is 8.42. The van der Waals surface area contributed by atoms with E-state index in [0.29, 0.717) is 17.0 Å². The van der Waals surface area contributed by atoms with Crippen LogP contribution in [0.1, 0.15) is 42.6 Å². The van der Waals surface area contributed by atoms with E-state index in [4.69, 9.17) is 0 Å². The highest BCUT2D eigenvalue weighted by molar-refractivity contribution is 5.94. The van der Waals surface area contributed by atoms with Crippen molar-refractivity contribution in [3.63, 3.8) is 0 Å². The lowest BCUT2D eigenvalue weighted by Gasteiger charge is -2.38. The standard InChI is InChI=1S/C19H29FN2O2/c1-13(2)18(12-22-9-7-16(23)8-10-22)21(4)19(24)15-5-6-17(20)14(3)11-15/h5-6,11,13,16,18,23H,7-10,12H2,1-4H3/t18-/m1/s1. The zero-order valence-electron chi connectivity index (χ0n) is 15.1. The Kier molecular flexibility index (Phi) is 6.35. The molecule has 1 aromatic rings. The molecule has 0 aromatic heterocycles. The summed E-state index contributed by atoms with van der Waals surface area (Å²) in [5, 5.41) is 9.64. The van der Waals surface area contributed by atoms with Gasteiger partial charge in [-0.1, -0.05) is 13.8 Å². The van der Waals surface area contributed by atoms with Gasteiger partial charge >= 0.3 is 0 Å². The summed E-state index contributed by atoms with van der Waals surface area (Å²) in [6.07, 6.45) is 1.39. The van der Waals surface area contributed by atoms with Crippen LogP contribution in [0.15, 0.2) is 18.2 Å². The number of likely N-dealkylation sites (N-methyl/N-ethyl adjacent to an activating group) is 1. The molecule has 0 aliphatic carbocycles. The van der Waals surface area contributed by atoms with Crippen LogP contribution in [0, 0.1) is 18.7 Å². The van der Waals surface area contributed by atoms with Crippen LogP contribution in [0.3, 0.4) is 0 Å². The van der Waals surface area contributed by atoms with Crippen LogP contribution in [0.4, 0.5) is 4.39 Å². The molecule has 0 radical (unpaired) electrons. The molecule has 1 fully saturated rings. The molecule has 1 N–H and O–H groups in total. The minimum absolute atomic E-state index is 0.0751. The molecule has 0 saturated carbocycles. The molecule has 1 aliphatic heterocycles. The van der Waals surface area contributed by atoms with Crippen LogP contribution in [0.5, 0.6) is 0 Å². The van der Waals surface area contributed by atoms with E-state index in [1.807, 2.05) is 7.05 Å². The van der Waals surface area contributed by atoms with E-state index in [2.05, 4.69) is 18.7 Å². The second-order valence-corrected chi connectivity index (χ2v) is 7.22. The zero-order valence-corrected chi connectivity index (χ0v) is 15.1. The highest BCUT2D eigenvalue weighted by Gasteiger charge is 2.28. The molecule has 1 aliphatic rings. The monoisotopic (exact) mass is 336 g/mol. The van der Waals surface area contributed by atoms with Crippen LogP contribution in [-0.4, -0.2) is 59.6 Å². The Morgan fingerprint density at radius 1 is 1.38 bits per heavy atom. The summed E-state index contributed by atoms with van der Waals surface area (Å²) in [5.74, 6) is -0.0531. The summed E-state index contributed by atoms with van der Waals surface area (Å²) in [6, 6.07) is 4.60. The summed E-state index contributed by atoms with van der Waals surface area (Å²) in [4.78, 5) is 16.9. The number of hydrogen-bond donors (Lipinski definition) is 1. The van der Waals surface area contributed by atoms with Gasteiger partial charge in [0.1, 0.15) is 5.82 Å². The van der Waals surface area contributed by atoms with Gasteiger partial charge in [-0.2, -0.15) is 0 Å². The molecule has 1 aromatic carbocycles.